The number of aromatic nitrogens is 2. The zero-order chi connectivity index (χ0) is 20.3. The van der Waals surface area contributed by atoms with E-state index in [0.29, 0.717) is 5.92 Å². The van der Waals surface area contributed by atoms with Crippen molar-refractivity contribution in [2.45, 2.75) is 19.3 Å². The van der Waals surface area contributed by atoms with Gasteiger partial charge >= 0.3 is 0 Å². The molecule has 0 saturated carbocycles. The lowest BCUT2D eigenvalue weighted by Crippen LogP contribution is -2.47. The molecule has 1 atom stereocenters. The quantitative estimate of drug-likeness (QED) is 0.405. The van der Waals surface area contributed by atoms with E-state index in [0.717, 1.165) is 64.1 Å². The monoisotopic (exact) mass is 395 g/mol. The molecule has 1 aromatic heterocycles. The molecule has 7 heteroatoms. The first kappa shape index (κ1) is 21.0. The highest BCUT2D eigenvalue weighted by Gasteiger charge is 2.18. The molecule has 156 valence electrons. The van der Waals surface area contributed by atoms with Gasteiger partial charge in [-0.15, -0.1) is 0 Å². The number of hydrogen-bond donors (Lipinski definition) is 2. The fourth-order valence-electron chi connectivity index (χ4n) is 3.51. The third-order valence-corrected chi connectivity index (χ3v) is 5.32. The van der Waals surface area contributed by atoms with Crippen molar-refractivity contribution in [3.05, 3.63) is 54.4 Å². The van der Waals surface area contributed by atoms with E-state index in [4.69, 9.17) is 0 Å². The predicted molar refractivity (Wildman–Crippen MR) is 120 cm³/mol. The van der Waals surface area contributed by atoms with Gasteiger partial charge in [-0.25, -0.2) is 9.97 Å². The number of rotatable bonds is 8. The second-order valence-corrected chi connectivity index (χ2v) is 7.42. The summed E-state index contributed by atoms with van der Waals surface area (Å²) < 4.78 is 0. The van der Waals surface area contributed by atoms with Crippen molar-refractivity contribution >= 4 is 11.9 Å². The van der Waals surface area contributed by atoms with E-state index in [9.17, 15) is 0 Å². The van der Waals surface area contributed by atoms with Gasteiger partial charge in [-0.3, -0.25) is 9.89 Å². The van der Waals surface area contributed by atoms with Crippen molar-refractivity contribution in [1.82, 2.24) is 25.5 Å². The number of aliphatic imine (C=N–C) groups is 1. The Morgan fingerprint density at radius 2 is 1.76 bits per heavy atom. The largest absolute Gasteiger partial charge is 0.356 e. The lowest BCUT2D eigenvalue weighted by Gasteiger charge is -2.34. The summed E-state index contributed by atoms with van der Waals surface area (Å²) in [6.45, 7) is 9.19. The summed E-state index contributed by atoms with van der Waals surface area (Å²) in [6, 6.07) is 12.4. The Kier molecular flexibility index (Phi) is 8.25. The molecule has 0 radical (unpaired) electrons. The molecule has 0 aliphatic carbocycles. The molecule has 1 saturated heterocycles. The summed E-state index contributed by atoms with van der Waals surface area (Å²) in [5.41, 5.74) is 1.34. The molecule has 7 nitrogen and oxygen atoms in total. The topological polar surface area (TPSA) is 68.7 Å². The van der Waals surface area contributed by atoms with Crippen LogP contribution >= 0.6 is 0 Å². The summed E-state index contributed by atoms with van der Waals surface area (Å²) in [5.74, 6) is 2.16. The van der Waals surface area contributed by atoms with Crippen LogP contribution in [0.25, 0.3) is 0 Å². The Balaban J connectivity index is 1.29. The molecule has 1 aliphatic heterocycles. The van der Waals surface area contributed by atoms with Crippen molar-refractivity contribution in [3.8, 4) is 0 Å². The minimum Gasteiger partial charge on any atom is -0.356 e. The van der Waals surface area contributed by atoms with Gasteiger partial charge in [0.25, 0.3) is 0 Å². The molecule has 1 unspecified atom stereocenters. The van der Waals surface area contributed by atoms with E-state index in [-0.39, 0.29) is 0 Å². The molecule has 3 rings (SSSR count). The zero-order valence-corrected chi connectivity index (χ0v) is 17.6. The zero-order valence-electron chi connectivity index (χ0n) is 17.6. The lowest BCUT2D eigenvalue weighted by atomic mass is 10.0. The van der Waals surface area contributed by atoms with Crippen LogP contribution in [0.15, 0.2) is 53.8 Å². The number of guanidine groups is 1. The standard InChI is InChI=1S/C22H33N7/c1-19(20-8-4-3-5-9-20)18-27-21(23-2)24-12-7-13-28-14-16-29(17-15-28)22-25-10-6-11-26-22/h3-6,8-11,19H,7,12-18H2,1-2H3,(H2,23,24,27). The number of nitrogens with zero attached hydrogens (tertiary/aromatic N) is 5. The third kappa shape index (κ3) is 6.71. The van der Waals surface area contributed by atoms with Crippen molar-refractivity contribution in [3.63, 3.8) is 0 Å². The first-order valence-electron chi connectivity index (χ1n) is 10.5. The van der Waals surface area contributed by atoms with Gasteiger partial charge in [-0.05, 0) is 30.5 Å². The van der Waals surface area contributed by atoms with Gasteiger partial charge in [-0.2, -0.15) is 0 Å². The van der Waals surface area contributed by atoms with Crippen molar-refractivity contribution in [1.29, 1.82) is 0 Å². The summed E-state index contributed by atoms with van der Waals surface area (Å²) in [6.07, 6.45) is 4.71. The normalized spacial score (nSPS) is 16.5. The highest BCUT2D eigenvalue weighted by atomic mass is 15.3. The first-order chi connectivity index (χ1) is 14.3. The van der Waals surface area contributed by atoms with Gasteiger partial charge < -0.3 is 15.5 Å². The molecule has 1 fully saturated rings. The van der Waals surface area contributed by atoms with Crippen LogP contribution in [0.5, 0.6) is 0 Å². The average Bonchev–Trinajstić information content (AvgIpc) is 2.80. The fourth-order valence-corrected chi connectivity index (χ4v) is 3.51. The Labute approximate surface area is 174 Å². The summed E-state index contributed by atoms with van der Waals surface area (Å²) in [4.78, 5) is 17.8. The van der Waals surface area contributed by atoms with Gasteiger partial charge in [0.2, 0.25) is 5.95 Å². The number of hydrogen-bond acceptors (Lipinski definition) is 5. The Hall–Kier alpha value is -2.67. The van der Waals surface area contributed by atoms with Crippen molar-refractivity contribution < 1.29 is 0 Å². The van der Waals surface area contributed by atoms with Crippen molar-refractivity contribution in [2.24, 2.45) is 4.99 Å². The maximum absolute atomic E-state index is 4.35. The highest BCUT2D eigenvalue weighted by Crippen LogP contribution is 2.13. The van der Waals surface area contributed by atoms with Crippen LogP contribution in [-0.4, -0.2) is 73.7 Å². The molecule has 1 aromatic carbocycles. The van der Waals surface area contributed by atoms with Crippen LogP contribution in [0.2, 0.25) is 0 Å². The maximum Gasteiger partial charge on any atom is 0.225 e. The number of nitrogens with one attached hydrogen (secondary N) is 2. The maximum atomic E-state index is 4.35. The van der Waals surface area contributed by atoms with E-state index < -0.39 is 0 Å². The van der Waals surface area contributed by atoms with Gasteiger partial charge in [0, 0.05) is 58.7 Å². The van der Waals surface area contributed by atoms with Crippen LogP contribution in [0.3, 0.4) is 0 Å². The van der Waals surface area contributed by atoms with Crippen LogP contribution in [0, 0.1) is 0 Å². The van der Waals surface area contributed by atoms with Crippen LogP contribution in [-0.2, 0) is 0 Å². The fraction of sp³-hybridized carbons (Fsp3) is 0.500. The Morgan fingerprint density at radius 3 is 2.45 bits per heavy atom. The van der Waals surface area contributed by atoms with Crippen LogP contribution in [0.4, 0.5) is 5.95 Å². The summed E-state index contributed by atoms with van der Waals surface area (Å²) >= 11 is 0. The van der Waals surface area contributed by atoms with Crippen LogP contribution in [0.1, 0.15) is 24.8 Å². The van der Waals surface area contributed by atoms with Crippen molar-refractivity contribution in [2.75, 3.05) is 57.8 Å². The highest BCUT2D eigenvalue weighted by molar-refractivity contribution is 5.79. The van der Waals surface area contributed by atoms with Gasteiger partial charge in [-0.1, -0.05) is 37.3 Å². The van der Waals surface area contributed by atoms with E-state index in [1.807, 2.05) is 25.5 Å². The van der Waals surface area contributed by atoms with Gasteiger partial charge in [0.1, 0.15) is 0 Å². The molecule has 0 spiro atoms. The average molecular weight is 396 g/mol. The molecule has 2 N–H and O–H groups in total. The molecule has 1 aliphatic rings. The molecular weight excluding hydrogens is 362 g/mol. The molecule has 2 heterocycles. The molecule has 2 aromatic rings. The second-order valence-electron chi connectivity index (χ2n) is 7.42. The van der Waals surface area contributed by atoms with E-state index in [1.54, 1.807) is 0 Å². The Morgan fingerprint density at radius 1 is 1.03 bits per heavy atom. The first-order valence-corrected chi connectivity index (χ1v) is 10.5. The molecular formula is C22H33N7. The molecule has 0 amide bonds. The number of anilines is 1. The van der Waals surface area contributed by atoms with E-state index in [2.05, 4.69) is 72.6 Å². The van der Waals surface area contributed by atoms with Gasteiger partial charge in [0.05, 0.1) is 0 Å². The van der Waals surface area contributed by atoms with Crippen LogP contribution < -0.4 is 15.5 Å². The van der Waals surface area contributed by atoms with E-state index >= 15 is 0 Å². The number of piperazine rings is 1. The molecule has 0 bridgehead atoms. The minimum absolute atomic E-state index is 0.444. The lowest BCUT2D eigenvalue weighted by molar-refractivity contribution is 0.254. The summed E-state index contributed by atoms with van der Waals surface area (Å²) in [5, 5.41) is 6.87. The predicted octanol–water partition coefficient (Wildman–Crippen LogP) is 1.96. The smallest absolute Gasteiger partial charge is 0.225 e. The molecule has 29 heavy (non-hydrogen) atoms. The minimum atomic E-state index is 0.444. The van der Waals surface area contributed by atoms with Gasteiger partial charge in [0.15, 0.2) is 5.96 Å². The Bertz CT molecular complexity index is 727. The number of benzene rings is 1. The second kappa shape index (κ2) is 11.4. The summed E-state index contributed by atoms with van der Waals surface area (Å²) in [7, 11) is 1.83. The third-order valence-electron chi connectivity index (χ3n) is 5.32. The van der Waals surface area contributed by atoms with E-state index in [1.165, 1.54) is 5.56 Å². The SMILES string of the molecule is CN=C(NCCCN1CCN(c2ncccn2)CC1)NCC(C)c1ccccc1.